The van der Waals surface area contributed by atoms with Crippen molar-refractivity contribution in [2.75, 3.05) is 6.61 Å². The van der Waals surface area contributed by atoms with Crippen molar-refractivity contribution >= 4 is 44.2 Å². The Kier molecular flexibility index (Phi) is 8.54. The van der Waals surface area contributed by atoms with Crippen LogP contribution in [0.3, 0.4) is 0 Å². The first-order valence-electron chi connectivity index (χ1n) is 12.5. The summed E-state index contributed by atoms with van der Waals surface area (Å²) in [5.41, 5.74) is 3.74. The van der Waals surface area contributed by atoms with E-state index in [-0.39, 0.29) is 17.7 Å². The molecule has 38 heavy (non-hydrogen) atoms. The number of benzene rings is 2. The lowest BCUT2D eigenvalue weighted by molar-refractivity contribution is -0.384. The molecular weight excluding hydrogens is 566 g/mol. The highest BCUT2D eigenvalue weighted by molar-refractivity contribution is 9.10. The quantitative estimate of drug-likeness (QED) is 0.148. The van der Waals surface area contributed by atoms with Gasteiger partial charge in [-0.1, -0.05) is 20.8 Å². The van der Waals surface area contributed by atoms with Gasteiger partial charge >= 0.3 is 0 Å². The lowest BCUT2D eigenvalue weighted by Gasteiger charge is -2.33. The summed E-state index contributed by atoms with van der Waals surface area (Å²) in [6, 6.07) is 12.4. The summed E-state index contributed by atoms with van der Waals surface area (Å²) < 4.78 is 12.6. The van der Waals surface area contributed by atoms with Crippen LogP contribution < -0.4 is 9.47 Å². The molecule has 1 atom stereocenters. The van der Waals surface area contributed by atoms with Crippen molar-refractivity contribution < 1.29 is 14.4 Å². The van der Waals surface area contributed by atoms with Crippen LogP contribution >= 0.6 is 27.3 Å². The van der Waals surface area contributed by atoms with Gasteiger partial charge in [0.25, 0.3) is 5.69 Å². The van der Waals surface area contributed by atoms with E-state index in [1.54, 1.807) is 29.7 Å². The molecule has 0 spiro atoms. The van der Waals surface area contributed by atoms with E-state index in [1.165, 1.54) is 17.0 Å². The lowest BCUT2D eigenvalue weighted by atomic mass is 9.72. The second kappa shape index (κ2) is 11.7. The molecule has 1 heterocycles. The highest BCUT2D eigenvalue weighted by Crippen LogP contribution is 2.45. The predicted molar refractivity (Wildman–Crippen MR) is 154 cm³/mol. The van der Waals surface area contributed by atoms with E-state index in [0.717, 1.165) is 41.0 Å². The van der Waals surface area contributed by atoms with Gasteiger partial charge in [-0.05, 0) is 94.4 Å². The Labute approximate surface area is 235 Å². The highest BCUT2D eigenvalue weighted by Gasteiger charge is 2.32. The number of hydrogen-bond donors (Lipinski definition) is 0. The largest absolute Gasteiger partial charge is 0.490 e. The number of ether oxygens (including phenoxy) is 2. The van der Waals surface area contributed by atoms with Crippen molar-refractivity contribution in [3.8, 4) is 17.6 Å². The Hall–Kier alpha value is -3.22. The minimum absolute atomic E-state index is 0.0359. The molecule has 7 nitrogen and oxygen atoms in total. The number of fused-ring (bicyclic) bond motifs is 1. The molecule has 1 aromatic heterocycles. The molecule has 0 fully saturated rings. The van der Waals surface area contributed by atoms with Crippen LogP contribution in [0, 0.1) is 32.8 Å². The number of nitriles is 1. The molecule has 0 saturated heterocycles. The maximum Gasteiger partial charge on any atom is 0.269 e. The van der Waals surface area contributed by atoms with Gasteiger partial charge in [-0.3, -0.25) is 10.1 Å². The molecule has 0 amide bonds. The maximum absolute atomic E-state index is 10.9. The molecule has 0 bridgehead atoms. The number of rotatable bonds is 8. The number of non-ortho nitro benzene ring substituents is 1. The molecule has 9 heteroatoms. The Bertz CT molecular complexity index is 1400. The third-order valence-electron chi connectivity index (χ3n) is 6.78. The van der Waals surface area contributed by atoms with Crippen molar-refractivity contribution in [1.29, 1.82) is 5.26 Å². The van der Waals surface area contributed by atoms with Crippen LogP contribution in [0.2, 0.25) is 0 Å². The molecule has 1 aliphatic carbocycles. The van der Waals surface area contributed by atoms with E-state index < -0.39 is 4.92 Å². The van der Waals surface area contributed by atoms with Crippen LogP contribution in [0.5, 0.6) is 11.5 Å². The number of nitro benzene ring substituents is 1. The zero-order valence-corrected chi connectivity index (χ0v) is 24.3. The third kappa shape index (κ3) is 6.25. The number of nitrogens with zero attached hydrogens (tertiary/aromatic N) is 3. The first kappa shape index (κ1) is 27.8. The molecule has 4 rings (SSSR count). The Morgan fingerprint density at radius 2 is 2.00 bits per heavy atom. The van der Waals surface area contributed by atoms with Gasteiger partial charge < -0.3 is 9.47 Å². The zero-order valence-electron chi connectivity index (χ0n) is 21.9. The van der Waals surface area contributed by atoms with E-state index in [1.807, 2.05) is 19.1 Å². The van der Waals surface area contributed by atoms with E-state index in [4.69, 9.17) is 14.5 Å². The van der Waals surface area contributed by atoms with Crippen LogP contribution in [0.25, 0.3) is 0 Å². The highest BCUT2D eigenvalue weighted by atomic mass is 79.9. The second-order valence-corrected chi connectivity index (χ2v) is 12.3. The Morgan fingerprint density at radius 3 is 2.63 bits per heavy atom. The molecule has 3 aromatic rings. The van der Waals surface area contributed by atoms with E-state index >= 15 is 0 Å². The van der Waals surface area contributed by atoms with Crippen molar-refractivity contribution in [2.24, 2.45) is 16.3 Å². The molecule has 0 radical (unpaired) electrons. The average Bonchev–Trinajstić information content (AvgIpc) is 3.23. The first-order valence-corrected chi connectivity index (χ1v) is 14.1. The van der Waals surface area contributed by atoms with Gasteiger partial charge in [-0.25, -0.2) is 4.99 Å². The molecule has 198 valence electrons. The minimum Gasteiger partial charge on any atom is -0.490 e. The second-order valence-electron chi connectivity index (χ2n) is 10.3. The SMILES string of the molecule is CCOc1cc(C=Nc2sc3c(c2C#N)CC[C@H](C(C)(C)C)C3)cc(Br)c1OCc1ccc([N+](=O)[O-])cc1. The lowest BCUT2D eigenvalue weighted by Crippen LogP contribution is -2.26. The van der Waals surface area contributed by atoms with Crippen LogP contribution in [-0.4, -0.2) is 17.7 Å². The van der Waals surface area contributed by atoms with Crippen molar-refractivity contribution in [3.63, 3.8) is 0 Å². The fourth-order valence-electron chi connectivity index (χ4n) is 4.58. The van der Waals surface area contributed by atoms with E-state index in [2.05, 4.69) is 42.8 Å². The summed E-state index contributed by atoms with van der Waals surface area (Å²) in [4.78, 5) is 16.5. The van der Waals surface area contributed by atoms with Crippen molar-refractivity contribution in [2.45, 2.75) is 53.6 Å². The Morgan fingerprint density at radius 1 is 1.26 bits per heavy atom. The van der Waals surface area contributed by atoms with Gasteiger partial charge in [-0.15, -0.1) is 11.3 Å². The smallest absolute Gasteiger partial charge is 0.269 e. The van der Waals surface area contributed by atoms with Gasteiger partial charge in [0, 0.05) is 23.2 Å². The van der Waals surface area contributed by atoms with E-state index in [9.17, 15) is 15.4 Å². The van der Waals surface area contributed by atoms with Gasteiger partial charge in [0.1, 0.15) is 17.7 Å². The molecule has 0 aliphatic heterocycles. The van der Waals surface area contributed by atoms with Crippen molar-refractivity contribution in [3.05, 3.63) is 78.1 Å². The van der Waals surface area contributed by atoms with Crippen LogP contribution in [0.1, 0.15) is 61.2 Å². The van der Waals surface area contributed by atoms with Crippen LogP contribution in [-0.2, 0) is 19.4 Å². The number of aliphatic imine (C=N–C) groups is 1. The zero-order chi connectivity index (χ0) is 27.4. The third-order valence-corrected chi connectivity index (χ3v) is 8.53. The molecule has 0 unspecified atom stereocenters. The number of halogens is 1. The van der Waals surface area contributed by atoms with Gasteiger partial charge in [0.05, 0.1) is 21.6 Å². The molecule has 0 saturated carbocycles. The topological polar surface area (TPSA) is 97.8 Å². The summed E-state index contributed by atoms with van der Waals surface area (Å²) in [7, 11) is 0. The van der Waals surface area contributed by atoms with Gasteiger partial charge in [0.15, 0.2) is 11.5 Å². The standard InChI is InChI=1S/C29H30BrN3O4S/c1-5-36-25-13-19(12-24(30)27(25)37-17-18-6-9-21(10-7-18)33(34)35)16-32-28-23(15-31)22-11-8-20(29(2,3)4)14-26(22)38-28/h6-7,9-10,12-13,16,20H,5,8,11,14,17H2,1-4H3/t20-/m0/s1. The molecular formula is C29H30BrN3O4S. The fourth-order valence-corrected chi connectivity index (χ4v) is 6.38. The fraction of sp³-hybridized carbons (Fsp3) is 0.379. The minimum atomic E-state index is -0.428. The Balaban J connectivity index is 1.56. The summed E-state index contributed by atoms with van der Waals surface area (Å²) in [5, 5.41) is 21.5. The summed E-state index contributed by atoms with van der Waals surface area (Å²) in [6.07, 6.45) is 4.77. The average molecular weight is 597 g/mol. The normalized spacial score (nSPS) is 15.2. The predicted octanol–water partition coefficient (Wildman–Crippen LogP) is 8.17. The number of thiophene rings is 1. The monoisotopic (exact) mass is 595 g/mol. The molecule has 2 aromatic carbocycles. The number of hydrogen-bond acceptors (Lipinski definition) is 7. The first-order chi connectivity index (χ1) is 18.1. The van der Waals surface area contributed by atoms with Crippen LogP contribution in [0.4, 0.5) is 10.7 Å². The van der Waals surface area contributed by atoms with Gasteiger partial charge in [0.2, 0.25) is 0 Å². The van der Waals surface area contributed by atoms with Crippen LogP contribution in [0.15, 0.2) is 45.9 Å². The summed E-state index contributed by atoms with van der Waals surface area (Å²) >= 11 is 5.22. The summed E-state index contributed by atoms with van der Waals surface area (Å²) in [5.74, 6) is 1.70. The summed E-state index contributed by atoms with van der Waals surface area (Å²) in [6.45, 7) is 9.43. The van der Waals surface area contributed by atoms with Crippen molar-refractivity contribution in [1.82, 2.24) is 0 Å². The van der Waals surface area contributed by atoms with E-state index in [0.29, 0.717) is 34.1 Å². The molecule has 1 aliphatic rings. The van der Waals surface area contributed by atoms with Gasteiger partial charge in [-0.2, -0.15) is 5.26 Å². The number of nitro groups is 1. The molecule has 0 N–H and O–H groups in total. The maximum atomic E-state index is 10.9.